The summed E-state index contributed by atoms with van der Waals surface area (Å²) in [7, 11) is 1.25. The van der Waals surface area contributed by atoms with Crippen LogP contribution in [0.1, 0.15) is 117 Å². The molecule has 0 fully saturated rings. The van der Waals surface area contributed by atoms with Crippen molar-refractivity contribution in [3.8, 4) is 0 Å². The normalized spacial score (nSPS) is 15.7. The molecular formula is C46H77NO10P+. The van der Waals surface area contributed by atoms with Gasteiger partial charge in [0.15, 0.2) is 6.10 Å². The number of esters is 2. The maximum Gasteiger partial charge on any atom is 0.472 e. The standard InChI is InChI=1S/C46H76NO10P/c1-6-8-10-12-14-16-18-20-21-22-24-26-28-30-32-36-45(50)54-40-42(41-56-58(52,53)55-39-38-47(3,4)5)57-46(51)37-33-35-44(49)43(48)34-31-29-27-25-23-19-17-15-13-11-9-7-2/h8-11,14-17,20-21,23-26,29,31,42-44,48-49H,6-7,12-13,18-19,22,27-28,30,32-41H2,1-5H3/p+1/b10-8-,11-9-,16-14-,17-15-,21-20-,25-23-,26-24-,31-29-/t42-,43-,44-/m1/s1. The Morgan fingerprint density at radius 2 is 1.09 bits per heavy atom. The van der Waals surface area contributed by atoms with Crippen molar-refractivity contribution in [1.82, 2.24) is 0 Å². The van der Waals surface area contributed by atoms with Crippen LogP contribution in [0.4, 0.5) is 0 Å². The van der Waals surface area contributed by atoms with Gasteiger partial charge in [0.2, 0.25) is 0 Å². The minimum atomic E-state index is -4.47. The molecule has 0 aliphatic rings. The van der Waals surface area contributed by atoms with Gasteiger partial charge in [0, 0.05) is 12.8 Å². The first kappa shape index (κ1) is 54.9. The van der Waals surface area contributed by atoms with E-state index in [1.807, 2.05) is 39.4 Å². The molecule has 0 saturated carbocycles. The highest BCUT2D eigenvalue weighted by Gasteiger charge is 2.27. The first-order valence-electron chi connectivity index (χ1n) is 21.1. The van der Waals surface area contributed by atoms with E-state index in [2.05, 4.69) is 92.8 Å². The smallest absolute Gasteiger partial charge is 0.462 e. The fraction of sp³-hybridized carbons (Fsp3) is 0.609. The molecule has 330 valence electrons. The molecule has 12 heteroatoms. The van der Waals surface area contributed by atoms with Gasteiger partial charge in [-0.05, 0) is 89.9 Å². The summed E-state index contributed by atoms with van der Waals surface area (Å²) in [5.41, 5.74) is 0. The van der Waals surface area contributed by atoms with Gasteiger partial charge in [-0.1, -0.05) is 111 Å². The van der Waals surface area contributed by atoms with E-state index in [0.717, 1.165) is 64.2 Å². The van der Waals surface area contributed by atoms with Crippen LogP contribution in [0.2, 0.25) is 0 Å². The van der Waals surface area contributed by atoms with E-state index < -0.39 is 44.7 Å². The zero-order chi connectivity index (χ0) is 43.2. The fourth-order valence-electron chi connectivity index (χ4n) is 4.91. The summed E-state index contributed by atoms with van der Waals surface area (Å²) in [6.07, 6.45) is 40.7. The first-order chi connectivity index (χ1) is 27.8. The van der Waals surface area contributed by atoms with Crippen molar-refractivity contribution in [2.75, 3.05) is 47.5 Å². The average molecular weight is 835 g/mol. The maximum atomic E-state index is 12.7. The second-order valence-corrected chi connectivity index (χ2v) is 16.4. The summed E-state index contributed by atoms with van der Waals surface area (Å²) in [5, 5.41) is 20.8. The van der Waals surface area contributed by atoms with Crippen LogP contribution in [0.5, 0.6) is 0 Å². The van der Waals surface area contributed by atoms with Gasteiger partial charge >= 0.3 is 19.8 Å². The zero-order valence-corrected chi connectivity index (χ0v) is 37.1. The molecule has 0 aliphatic carbocycles. The average Bonchev–Trinajstić information content (AvgIpc) is 3.17. The van der Waals surface area contributed by atoms with Gasteiger partial charge in [-0.25, -0.2) is 4.57 Å². The SMILES string of the molecule is CC/C=C\C/C=C\C/C=C\C/C=C\CCCCC(=O)OC[C@H](COP(=O)(O)OCC[N+](C)(C)C)OC(=O)CCC[C@@H](O)[C@H](O)C/C=C\C/C=C\C/C=C\C/C=C\CC. The molecule has 0 aromatic carbocycles. The fourth-order valence-corrected chi connectivity index (χ4v) is 5.65. The monoisotopic (exact) mass is 835 g/mol. The van der Waals surface area contributed by atoms with Crippen molar-refractivity contribution in [2.45, 2.75) is 135 Å². The van der Waals surface area contributed by atoms with Crippen LogP contribution in [0.3, 0.4) is 0 Å². The van der Waals surface area contributed by atoms with Crippen LogP contribution in [-0.4, -0.2) is 97.3 Å². The predicted molar refractivity (Wildman–Crippen MR) is 236 cm³/mol. The van der Waals surface area contributed by atoms with Crippen molar-refractivity contribution >= 4 is 19.8 Å². The number of unbranched alkanes of at least 4 members (excludes halogenated alkanes) is 2. The molecule has 0 aromatic rings. The number of phosphoric acid groups is 1. The van der Waals surface area contributed by atoms with Gasteiger partial charge in [0.05, 0.1) is 40.0 Å². The summed E-state index contributed by atoms with van der Waals surface area (Å²) in [6.45, 7) is 3.76. The topological polar surface area (TPSA) is 149 Å². The molecule has 0 amide bonds. The molecule has 0 rings (SSSR count). The van der Waals surface area contributed by atoms with Gasteiger partial charge in [0.25, 0.3) is 0 Å². The Labute approximate surface area is 350 Å². The number of likely N-dealkylation sites (N-methyl/N-ethyl adjacent to an activating group) is 1. The van der Waals surface area contributed by atoms with Crippen molar-refractivity contribution < 1.29 is 52.3 Å². The molecule has 0 spiro atoms. The lowest BCUT2D eigenvalue weighted by Gasteiger charge is -2.24. The van der Waals surface area contributed by atoms with E-state index in [0.29, 0.717) is 17.4 Å². The third-order valence-electron chi connectivity index (χ3n) is 8.31. The van der Waals surface area contributed by atoms with Gasteiger partial charge in [-0.3, -0.25) is 18.6 Å². The summed E-state index contributed by atoms with van der Waals surface area (Å²) in [6, 6.07) is 0. The quantitative estimate of drug-likeness (QED) is 0.0183. The van der Waals surface area contributed by atoms with Crippen molar-refractivity contribution in [1.29, 1.82) is 0 Å². The molecule has 0 bridgehead atoms. The number of carbonyl (C=O) groups is 2. The number of hydrogen-bond donors (Lipinski definition) is 3. The largest absolute Gasteiger partial charge is 0.472 e. The Hall–Kier alpha value is -3.15. The van der Waals surface area contributed by atoms with Crippen LogP contribution in [0.15, 0.2) is 97.2 Å². The van der Waals surface area contributed by atoms with Crippen LogP contribution >= 0.6 is 7.82 Å². The summed E-state index contributed by atoms with van der Waals surface area (Å²) >= 11 is 0. The van der Waals surface area contributed by atoms with Gasteiger partial charge in [0.1, 0.15) is 19.8 Å². The molecule has 0 radical (unpaired) electrons. The second-order valence-electron chi connectivity index (χ2n) is 14.9. The van der Waals surface area contributed by atoms with Crippen molar-refractivity contribution in [2.24, 2.45) is 0 Å². The highest BCUT2D eigenvalue weighted by Crippen LogP contribution is 2.43. The summed E-state index contributed by atoms with van der Waals surface area (Å²) in [4.78, 5) is 35.4. The third kappa shape index (κ3) is 38.4. The molecule has 0 saturated heterocycles. The van der Waals surface area contributed by atoms with Gasteiger partial charge in [-0.2, -0.15) is 0 Å². The number of aliphatic hydroxyl groups excluding tert-OH is 2. The number of ether oxygens (including phenoxy) is 2. The lowest BCUT2D eigenvalue weighted by Crippen LogP contribution is -2.37. The van der Waals surface area contributed by atoms with E-state index in [1.165, 1.54) is 0 Å². The molecule has 0 heterocycles. The Morgan fingerprint density at radius 3 is 1.60 bits per heavy atom. The highest BCUT2D eigenvalue weighted by molar-refractivity contribution is 7.47. The van der Waals surface area contributed by atoms with E-state index in [4.69, 9.17) is 18.5 Å². The number of phosphoric ester groups is 1. The molecule has 3 N–H and O–H groups in total. The summed E-state index contributed by atoms with van der Waals surface area (Å²) in [5.74, 6) is -1.15. The second kappa shape index (κ2) is 36.9. The number of aliphatic hydroxyl groups is 2. The number of allylic oxidation sites excluding steroid dienone is 15. The Kier molecular flexibility index (Phi) is 34.9. The van der Waals surface area contributed by atoms with E-state index in [9.17, 15) is 29.3 Å². The van der Waals surface area contributed by atoms with Crippen LogP contribution < -0.4 is 0 Å². The number of rotatable bonds is 36. The molecule has 1 unspecified atom stereocenters. The Bertz CT molecular complexity index is 1340. The number of quaternary nitrogens is 1. The van der Waals surface area contributed by atoms with Crippen LogP contribution in [-0.2, 0) is 32.7 Å². The van der Waals surface area contributed by atoms with E-state index in [1.54, 1.807) is 0 Å². The first-order valence-corrected chi connectivity index (χ1v) is 22.6. The number of carbonyl (C=O) groups excluding carboxylic acids is 2. The number of hydrogen-bond acceptors (Lipinski definition) is 9. The lowest BCUT2D eigenvalue weighted by molar-refractivity contribution is -0.870. The molecule has 0 aromatic heterocycles. The number of nitrogens with zero attached hydrogens (tertiary/aromatic N) is 1. The maximum absolute atomic E-state index is 12.7. The van der Waals surface area contributed by atoms with Crippen LogP contribution in [0, 0.1) is 0 Å². The van der Waals surface area contributed by atoms with Crippen LogP contribution in [0.25, 0.3) is 0 Å². The molecule has 58 heavy (non-hydrogen) atoms. The molecular weight excluding hydrogens is 757 g/mol. The highest BCUT2D eigenvalue weighted by atomic mass is 31.2. The van der Waals surface area contributed by atoms with E-state index >= 15 is 0 Å². The minimum absolute atomic E-state index is 0.0336. The predicted octanol–water partition coefficient (Wildman–Crippen LogP) is 9.73. The Morgan fingerprint density at radius 1 is 0.603 bits per heavy atom. The van der Waals surface area contributed by atoms with Gasteiger partial charge in [-0.15, -0.1) is 0 Å². The zero-order valence-electron chi connectivity index (χ0n) is 36.2. The molecule has 11 nitrogen and oxygen atoms in total. The Balaban J connectivity index is 4.73. The molecule has 4 atom stereocenters. The van der Waals surface area contributed by atoms with Gasteiger partial charge < -0.3 is 29.1 Å². The third-order valence-corrected chi connectivity index (χ3v) is 9.29. The summed E-state index contributed by atoms with van der Waals surface area (Å²) < 4.78 is 34.0. The van der Waals surface area contributed by atoms with Crippen molar-refractivity contribution in [3.05, 3.63) is 97.2 Å². The lowest BCUT2D eigenvalue weighted by atomic mass is 10.0. The molecule has 0 aliphatic heterocycles. The van der Waals surface area contributed by atoms with E-state index in [-0.39, 0.29) is 45.3 Å². The van der Waals surface area contributed by atoms with Crippen molar-refractivity contribution in [3.63, 3.8) is 0 Å². The minimum Gasteiger partial charge on any atom is -0.462 e.